The van der Waals surface area contributed by atoms with Crippen molar-refractivity contribution in [3.05, 3.63) is 88.5 Å². The molecule has 0 saturated carbocycles. The van der Waals surface area contributed by atoms with Gasteiger partial charge in [-0.25, -0.2) is 9.36 Å². The molecule has 0 heterocycles. The summed E-state index contributed by atoms with van der Waals surface area (Å²) in [7, 11) is -2.57. The summed E-state index contributed by atoms with van der Waals surface area (Å²) in [6.45, 7) is 7.71. The van der Waals surface area contributed by atoms with Gasteiger partial charge in [0.15, 0.2) is 0 Å². The second-order valence-electron chi connectivity index (χ2n) is 7.26. The standard InChI is InChI=1S/C24H26NO5P/c1-16-8-6-10-22(18(16)3)29-31(27,30-23-11-7-9-17(2)19(23)4)25-21-14-12-20(13-15-21)24(26)28-5/h6-15H,1-5H3,(H,25,27). The number of methoxy groups -OCH3 is 1. The molecule has 3 aromatic carbocycles. The molecule has 0 atom stereocenters. The quantitative estimate of drug-likeness (QED) is 0.340. The fourth-order valence-electron chi connectivity index (χ4n) is 2.93. The maximum Gasteiger partial charge on any atom is 0.541 e. The molecule has 0 bridgehead atoms. The third-order valence-corrected chi connectivity index (χ3v) is 6.53. The van der Waals surface area contributed by atoms with Crippen molar-refractivity contribution in [1.82, 2.24) is 0 Å². The lowest BCUT2D eigenvalue weighted by molar-refractivity contribution is 0.0600. The number of esters is 1. The number of nitrogens with one attached hydrogen (secondary N) is 1. The second-order valence-corrected chi connectivity index (χ2v) is 8.84. The van der Waals surface area contributed by atoms with Crippen molar-refractivity contribution in [1.29, 1.82) is 0 Å². The summed E-state index contributed by atoms with van der Waals surface area (Å²) in [6.07, 6.45) is 0. The molecule has 162 valence electrons. The zero-order chi connectivity index (χ0) is 22.6. The van der Waals surface area contributed by atoms with E-state index in [1.54, 1.807) is 36.4 Å². The number of carbonyl (C=O) groups is 1. The molecule has 0 aliphatic heterocycles. The molecule has 3 rings (SSSR count). The summed E-state index contributed by atoms with van der Waals surface area (Å²) in [5, 5.41) is 2.89. The Labute approximate surface area is 182 Å². The minimum absolute atomic E-state index is 0.383. The second kappa shape index (κ2) is 9.27. The number of carbonyl (C=O) groups excluding carboxylic acids is 1. The van der Waals surface area contributed by atoms with Gasteiger partial charge in [-0.3, -0.25) is 5.09 Å². The third-order valence-electron chi connectivity index (χ3n) is 5.12. The van der Waals surface area contributed by atoms with Crippen LogP contribution in [0.1, 0.15) is 32.6 Å². The van der Waals surface area contributed by atoms with E-state index in [2.05, 4.69) is 5.09 Å². The Balaban J connectivity index is 1.97. The lowest BCUT2D eigenvalue weighted by Gasteiger charge is -2.23. The van der Waals surface area contributed by atoms with Crippen LogP contribution in [-0.2, 0) is 9.30 Å². The van der Waals surface area contributed by atoms with Gasteiger partial charge in [-0.05, 0) is 86.3 Å². The molecule has 0 amide bonds. The summed E-state index contributed by atoms with van der Waals surface area (Å²) < 4.78 is 30.5. The van der Waals surface area contributed by atoms with E-state index in [1.807, 2.05) is 52.0 Å². The highest BCUT2D eigenvalue weighted by Crippen LogP contribution is 2.50. The molecule has 0 unspecified atom stereocenters. The molecule has 0 aliphatic carbocycles. The average molecular weight is 439 g/mol. The Hall–Kier alpha value is -3.24. The fourth-order valence-corrected chi connectivity index (χ4v) is 4.43. The molecule has 3 aromatic rings. The van der Waals surface area contributed by atoms with Crippen molar-refractivity contribution in [3.63, 3.8) is 0 Å². The van der Waals surface area contributed by atoms with Crippen molar-refractivity contribution >= 4 is 19.4 Å². The molecule has 0 fully saturated rings. The third kappa shape index (κ3) is 5.28. The molecular formula is C24H26NO5P. The Morgan fingerprint density at radius 1 is 0.774 bits per heavy atom. The molecule has 0 aromatic heterocycles. The topological polar surface area (TPSA) is 73.9 Å². The molecule has 0 radical (unpaired) electrons. The Kier molecular flexibility index (Phi) is 6.71. The van der Waals surface area contributed by atoms with Crippen LogP contribution in [0.2, 0.25) is 0 Å². The van der Waals surface area contributed by atoms with Crippen molar-refractivity contribution in [2.45, 2.75) is 27.7 Å². The van der Waals surface area contributed by atoms with Gasteiger partial charge in [0.1, 0.15) is 11.5 Å². The number of ether oxygens (including phenoxy) is 1. The summed E-state index contributed by atoms with van der Waals surface area (Å²) in [5.74, 6) is 0.479. The van der Waals surface area contributed by atoms with E-state index in [4.69, 9.17) is 13.8 Å². The summed E-state index contributed by atoms with van der Waals surface area (Å²) in [6, 6.07) is 17.5. The number of hydrogen-bond acceptors (Lipinski definition) is 5. The number of anilines is 1. The van der Waals surface area contributed by atoms with Crippen molar-refractivity contribution < 1.29 is 23.1 Å². The zero-order valence-corrected chi connectivity index (χ0v) is 19.2. The van der Waals surface area contributed by atoms with Crippen molar-refractivity contribution in [2.75, 3.05) is 12.2 Å². The molecular weight excluding hydrogens is 413 g/mol. The monoisotopic (exact) mass is 439 g/mol. The van der Waals surface area contributed by atoms with Crippen LogP contribution in [0, 0.1) is 27.7 Å². The first kappa shape index (κ1) is 22.4. The van der Waals surface area contributed by atoms with Gasteiger partial charge in [-0.1, -0.05) is 24.3 Å². The van der Waals surface area contributed by atoms with Crippen molar-refractivity contribution in [2.24, 2.45) is 0 Å². The minimum atomic E-state index is -3.89. The van der Waals surface area contributed by atoms with Gasteiger partial charge >= 0.3 is 13.7 Å². The SMILES string of the molecule is COC(=O)c1ccc(NP(=O)(Oc2cccc(C)c2C)Oc2cccc(C)c2C)cc1. The number of rotatable bonds is 7. The first-order chi connectivity index (χ1) is 14.7. The Bertz CT molecular complexity index is 1080. The van der Waals surface area contributed by atoms with E-state index in [1.165, 1.54) is 7.11 Å². The van der Waals surface area contributed by atoms with Crippen LogP contribution >= 0.6 is 7.75 Å². The highest BCUT2D eigenvalue weighted by molar-refractivity contribution is 7.56. The molecule has 0 aliphatic rings. The molecule has 0 saturated heterocycles. The maximum atomic E-state index is 13.9. The Morgan fingerprint density at radius 3 is 1.71 bits per heavy atom. The lowest BCUT2D eigenvalue weighted by atomic mass is 10.1. The van der Waals surface area contributed by atoms with Gasteiger partial charge in [0, 0.05) is 5.69 Å². The van der Waals surface area contributed by atoms with Crippen LogP contribution in [0.5, 0.6) is 11.5 Å². The predicted octanol–water partition coefficient (Wildman–Crippen LogP) is 6.38. The summed E-state index contributed by atoms with van der Waals surface area (Å²) in [4.78, 5) is 11.7. The first-order valence-electron chi connectivity index (χ1n) is 9.81. The smallest absolute Gasteiger partial charge is 0.465 e. The van der Waals surface area contributed by atoms with Crippen molar-refractivity contribution in [3.8, 4) is 11.5 Å². The highest BCUT2D eigenvalue weighted by atomic mass is 31.2. The van der Waals surface area contributed by atoms with Crippen LogP contribution in [0.25, 0.3) is 0 Å². The van der Waals surface area contributed by atoms with Crippen LogP contribution in [0.15, 0.2) is 60.7 Å². The van der Waals surface area contributed by atoms with Gasteiger partial charge in [0.25, 0.3) is 0 Å². The predicted molar refractivity (Wildman–Crippen MR) is 122 cm³/mol. The van der Waals surface area contributed by atoms with E-state index >= 15 is 0 Å². The van der Waals surface area contributed by atoms with E-state index in [0.717, 1.165) is 22.3 Å². The average Bonchev–Trinajstić information content (AvgIpc) is 2.75. The maximum absolute atomic E-state index is 13.9. The van der Waals surface area contributed by atoms with Gasteiger partial charge in [-0.2, -0.15) is 0 Å². The van der Waals surface area contributed by atoms with E-state index in [9.17, 15) is 9.36 Å². The van der Waals surface area contributed by atoms with E-state index < -0.39 is 13.7 Å². The molecule has 6 nitrogen and oxygen atoms in total. The minimum Gasteiger partial charge on any atom is -0.465 e. The van der Waals surface area contributed by atoms with Crippen LogP contribution < -0.4 is 14.1 Å². The molecule has 1 N–H and O–H groups in total. The molecule has 7 heteroatoms. The number of benzene rings is 3. The van der Waals surface area contributed by atoms with Gasteiger partial charge in [0.05, 0.1) is 12.7 Å². The van der Waals surface area contributed by atoms with Gasteiger partial charge in [-0.15, -0.1) is 0 Å². The summed E-state index contributed by atoms with van der Waals surface area (Å²) >= 11 is 0. The van der Waals surface area contributed by atoms with E-state index in [-0.39, 0.29) is 0 Å². The fraction of sp³-hybridized carbons (Fsp3) is 0.208. The highest BCUT2D eigenvalue weighted by Gasteiger charge is 2.31. The molecule has 0 spiro atoms. The zero-order valence-electron chi connectivity index (χ0n) is 18.3. The van der Waals surface area contributed by atoms with E-state index in [0.29, 0.717) is 22.7 Å². The summed E-state index contributed by atoms with van der Waals surface area (Å²) in [5.41, 5.74) is 4.63. The largest absolute Gasteiger partial charge is 0.541 e. The first-order valence-corrected chi connectivity index (χ1v) is 11.3. The number of aryl methyl sites for hydroxylation is 2. The molecule has 31 heavy (non-hydrogen) atoms. The Morgan fingerprint density at radius 2 is 1.26 bits per heavy atom. The van der Waals surface area contributed by atoms with Crippen LogP contribution in [0.3, 0.4) is 0 Å². The van der Waals surface area contributed by atoms with Gasteiger partial charge in [0.2, 0.25) is 0 Å². The number of hydrogen-bond donors (Lipinski definition) is 1. The van der Waals surface area contributed by atoms with Gasteiger partial charge < -0.3 is 13.8 Å². The normalized spacial score (nSPS) is 11.0. The lowest BCUT2D eigenvalue weighted by Crippen LogP contribution is -2.11. The van der Waals surface area contributed by atoms with Crippen LogP contribution in [0.4, 0.5) is 5.69 Å². The van der Waals surface area contributed by atoms with Crippen LogP contribution in [-0.4, -0.2) is 13.1 Å².